The summed E-state index contributed by atoms with van der Waals surface area (Å²) in [5.74, 6) is 0.153. The first kappa shape index (κ1) is 22.4. The quantitative estimate of drug-likeness (QED) is 0.411. The topological polar surface area (TPSA) is 74.5 Å². The van der Waals surface area contributed by atoms with Gasteiger partial charge in [0.25, 0.3) is 0 Å². The molecule has 0 amide bonds. The molecule has 10 heteroatoms. The lowest BCUT2D eigenvalue weighted by atomic mass is 9.90. The second kappa shape index (κ2) is 10.0. The van der Waals surface area contributed by atoms with Gasteiger partial charge in [0, 0.05) is 24.4 Å². The molecule has 0 saturated carbocycles. The van der Waals surface area contributed by atoms with Gasteiger partial charge in [0.2, 0.25) is 11.3 Å². The standard InChI is InChI=1S/C18H18F2N2O4S.ClH/c19-17(20)26-18(13-6-2-1-3-7-13,14-8-4-5-10-22(14)24)12-25-16(23)15-21-9-11-27-15;/h1-8,10,15,17,21H,9,11-12H2;1H/t15-,18?;/m0./s1. The molecule has 0 radical (unpaired) electrons. The van der Waals surface area contributed by atoms with Crippen LogP contribution >= 0.6 is 24.2 Å². The molecule has 6 nitrogen and oxygen atoms in total. The van der Waals surface area contributed by atoms with Crippen molar-refractivity contribution in [2.45, 2.75) is 17.6 Å². The maximum Gasteiger partial charge on any atom is 0.346 e. The van der Waals surface area contributed by atoms with E-state index in [4.69, 9.17) is 9.47 Å². The fourth-order valence-corrected chi connectivity index (χ4v) is 3.80. The average molecular weight is 433 g/mol. The van der Waals surface area contributed by atoms with E-state index in [0.717, 1.165) is 5.75 Å². The molecule has 2 aromatic rings. The van der Waals surface area contributed by atoms with Crippen molar-refractivity contribution in [1.82, 2.24) is 5.32 Å². The number of benzene rings is 1. The predicted molar refractivity (Wildman–Crippen MR) is 102 cm³/mol. The largest absolute Gasteiger partial charge is 0.618 e. The number of carbonyl (C=O) groups is 1. The van der Waals surface area contributed by atoms with Gasteiger partial charge in [0.15, 0.2) is 11.6 Å². The smallest absolute Gasteiger partial charge is 0.346 e. The van der Waals surface area contributed by atoms with Crippen LogP contribution in [0.4, 0.5) is 8.78 Å². The zero-order valence-electron chi connectivity index (χ0n) is 14.6. The van der Waals surface area contributed by atoms with Gasteiger partial charge in [-0.3, -0.25) is 10.1 Å². The third-order valence-electron chi connectivity index (χ3n) is 4.12. The molecule has 1 aromatic heterocycles. The van der Waals surface area contributed by atoms with Crippen LogP contribution in [-0.2, 0) is 19.9 Å². The Morgan fingerprint density at radius 2 is 2.00 bits per heavy atom. The molecule has 0 spiro atoms. The summed E-state index contributed by atoms with van der Waals surface area (Å²) in [6.07, 6.45) is 1.18. The van der Waals surface area contributed by atoms with Crippen LogP contribution in [0, 0.1) is 5.21 Å². The summed E-state index contributed by atoms with van der Waals surface area (Å²) in [6.45, 7) is -3.10. The first-order valence-corrected chi connectivity index (χ1v) is 9.29. The van der Waals surface area contributed by atoms with E-state index in [2.05, 4.69) is 5.32 Å². The molecule has 1 saturated heterocycles. The van der Waals surface area contributed by atoms with E-state index in [1.54, 1.807) is 30.3 Å². The number of rotatable bonds is 7. The van der Waals surface area contributed by atoms with Crippen molar-refractivity contribution < 1.29 is 27.8 Å². The molecular formula is C18H19ClF2N2O4S. The Morgan fingerprint density at radius 1 is 1.29 bits per heavy atom. The second-order valence-electron chi connectivity index (χ2n) is 5.80. The van der Waals surface area contributed by atoms with Gasteiger partial charge in [0.1, 0.15) is 6.61 Å². The molecule has 1 aliphatic heterocycles. The number of nitrogens with zero attached hydrogens (tertiary/aromatic N) is 1. The lowest BCUT2D eigenvalue weighted by Gasteiger charge is -2.31. The van der Waals surface area contributed by atoms with E-state index in [1.165, 1.54) is 36.2 Å². The number of thioether (sulfide) groups is 1. The second-order valence-corrected chi connectivity index (χ2v) is 7.01. The van der Waals surface area contributed by atoms with Crippen molar-refractivity contribution in [3.63, 3.8) is 0 Å². The highest BCUT2D eigenvalue weighted by Crippen LogP contribution is 2.34. The SMILES string of the molecule is Cl.O=C(OCC(OC(F)F)(c1ccccc1)c1cccc[n+]1[O-])[C@H]1NCCS1. The number of aromatic nitrogens is 1. The number of hydrogen-bond acceptors (Lipinski definition) is 6. The van der Waals surface area contributed by atoms with Crippen LogP contribution in [0.1, 0.15) is 11.3 Å². The normalized spacial score (nSPS) is 18.3. The minimum absolute atomic E-state index is 0. The number of carbonyl (C=O) groups excluding carboxylic acids is 1. The fraction of sp³-hybridized carbons (Fsp3) is 0.333. The highest BCUT2D eigenvalue weighted by molar-refractivity contribution is 8.00. The molecule has 1 aromatic carbocycles. The molecule has 1 unspecified atom stereocenters. The van der Waals surface area contributed by atoms with E-state index in [9.17, 15) is 18.8 Å². The van der Waals surface area contributed by atoms with Crippen LogP contribution < -0.4 is 10.0 Å². The summed E-state index contributed by atoms with van der Waals surface area (Å²) in [4.78, 5) is 12.3. The number of ether oxygens (including phenoxy) is 2. The van der Waals surface area contributed by atoms with Gasteiger partial charge < -0.3 is 9.94 Å². The van der Waals surface area contributed by atoms with E-state index < -0.39 is 30.2 Å². The summed E-state index contributed by atoms with van der Waals surface area (Å²) in [5.41, 5.74) is -1.77. The number of pyridine rings is 1. The zero-order chi connectivity index (χ0) is 19.3. The predicted octanol–water partition coefficient (Wildman–Crippen LogP) is 2.43. The van der Waals surface area contributed by atoms with Crippen LogP contribution in [0.5, 0.6) is 0 Å². The van der Waals surface area contributed by atoms with Crippen molar-refractivity contribution >= 4 is 30.1 Å². The van der Waals surface area contributed by atoms with Gasteiger partial charge in [-0.1, -0.05) is 30.3 Å². The molecule has 152 valence electrons. The van der Waals surface area contributed by atoms with Crippen LogP contribution in [0.25, 0.3) is 0 Å². The highest BCUT2D eigenvalue weighted by atomic mass is 35.5. The van der Waals surface area contributed by atoms with Crippen LogP contribution in [0.15, 0.2) is 54.7 Å². The van der Waals surface area contributed by atoms with Gasteiger partial charge in [0.05, 0.1) is 0 Å². The van der Waals surface area contributed by atoms with Crippen LogP contribution in [0.2, 0.25) is 0 Å². The van der Waals surface area contributed by atoms with E-state index in [-0.39, 0.29) is 23.7 Å². The average Bonchev–Trinajstić information content (AvgIpc) is 3.21. The lowest BCUT2D eigenvalue weighted by Crippen LogP contribution is -2.49. The maximum absolute atomic E-state index is 13.4. The van der Waals surface area contributed by atoms with Crippen LogP contribution in [-0.4, -0.2) is 36.9 Å². The minimum atomic E-state index is -3.19. The summed E-state index contributed by atoms with van der Waals surface area (Å²) >= 11 is 1.37. The molecule has 0 bridgehead atoms. The Labute approximate surface area is 171 Å². The monoisotopic (exact) mass is 432 g/mol. The van der Waals surface area contributed by atoms with E-state index in [1.807, 2.05) is 0 Å². The van der Waals surface area contributed by atoms with Gasteiger partial charge in [-0.05, 0) is 11.6 Å². The molecule has 0 aliphatic carbocycles. The number of hydrogen-bond donors (Lipinski definition) is 1. The Hall–Kier alpha value is -1.94. The number of alkyl halides is 2. The van der Waals surface area contributed by atoms with Gasteiger partial charge in [-0.25, -0.2) is 4.79 Å². The number of esters is 1. The third-order valence-corrected chi connectivity index (χ3v) is 5.25. The van der Waals surface area contributed by atoms with Crippen molar-refractivity contribution in [3.8, 4) is 0 Å². The molecular weight excluding hydrogens is 414 g/mol. The Kier molecular flexibility index (Phi) is 7.99. The summed E-state index contributed by atoms with van der Waals surface area (Å²) in [6, 6.07) is 12.4. The van der Waals surface area contributed by atoms with Gasteiger partial charge in [-0.15, -0.1) is 24.2 Å². The summed E-state index contributed by atoms with van der Waals surface area (Å²) in [5, 5.41) is 14.7. The Bertz CT molecular complexity index is 781. The maximum atomic E-state index is 13.4. The first-order chi connectivity index (χ1) is 13.0. The molecule has 2 atom stereocenters. The first-order valence-electron chi connectivity index (χ1n) is 8.25. The number of nitrogens with one attached hydrogen (secondary N) is 1. The van der Waals surface area contributed by atoms with Crippen molar-refractivity contribution in [3.05, 3.63) is 71.2 Å². The Balaban J connectivity index is 0.00000280. The molecule has 1 fully saturated rings. The third kappa shape index (κ3) is 4.91. The molecule has 1 N–H and O–H groups in total. The van der Waals surface area contributed by atoms with E-state index >= 15 is 0 Å². The van der Waals surface area contributed by atoms with Crippen LogP contribution in [0.3, 0.4) is 0 Å². The summed E-state index contributed by atoms with van der Waals surface area (Å²) < 4.78 is 37.4. The van der Waals surface area contributed by atoms with E-state index in [0.29, 0.717) is 11.3 Å². The zero-order valence-corrected chi connectivity index (χ0v) is 16.3. The van der Waals surface area contributed by atoms with Gasteiger partial charge >= 0.3 is 12.6 Å². The molecule has 3 rings (SSSR count). The van der Waals surface area contributed by atoms with Crippen molar-refractivity contribution in [2.24, 2.45) is 0 Å². The number of halogens is 3. The molecule has 28 heavy (non-hydrogen) atoms. The molecule has 1 aliphatic rings. The van der Waals surface area contributed by atoms with Gasteiger partial charge in [-0.2, -0.15) is 13.5 Å². The van der Waals surface area contributed by atoms with Crippen molar-refractivity contribution in [2.75, 3.05) is 18.9 Å². The molecule has 2 heterocycles. The summed E-state index contributed by atoms with van der Waals surface area (Å²) in [7, 11) is 0. The lowest BCUT2D eigenvalue weighted by molar-refractivity contribution is -0.623. The van der Waals surface area contributed by atoms with Crippen molar-refractivity contribution in [1.29, 1.82) is 0 Å². The Morgan fingerprint density at radius 3 is 2.61 bits per heavy atom. The highest BCUT2D eigenvalue weighted by Gasteiger charge is 2.46. The fourth-order valence-electron chi connectivity index (χ4n) is 2.89. The minimum Gasteiger partial charge on any atom is -0.618 e.